The van der Waals surface area contributed by atoms with Gasteiger partial charge in [-0.3, -0.25) is 0 Å². The number of nitrogens with zero attached hydrogens (tertiary/aromatic N) is 2. The zero-order chi connectivity index (χ0) is 16.3. The second-order valence-electron chi connectivity index (χ2n) is 6.48. The van der Waals surface area contributed by atoms with Crippen LogP contribution in [-0.2, 0) is 10.0 Å². The Bertz CT molecular complexity index is 682. The van der Waals surface area contributed by atoms with Gasteiger partial charge in [0.15, 0.2) is 0 Å². The first-order valence-electron chi connectivity index (χ1n) is 8.35. The van der Waals surface area contributed by atoms with E-state index in [4.69, 9.17) is 5.26 Å². The summed E-state index contributed by atoms with van der Waals surface area (Å²) in [7, 11) is -3.63. The Labute approximate surface area is 138 Å². The average Bonchev–Trinajstić information content (AvgIpc) is 3.09. The summed E-state index contributed by atoms with van der Waals surface area (Å²) in [5.41, 5.74) is 0.198. The molecule has 0 aromatic heterocycles. The minimum absolute atomic E-state index is 0.0376. The second-order valence-corrected chi connectivity index (χ2v) is 8.16. The van der Waals surface area contributed by atoms with E-state index < -0.39 is 10.0 Å². The number of benzene rings is 1. The van der Waals surface area contributed by atoms with Gasteiger partial charge in [0.2, 0.25) is 10.0 Å². The Morgan fingerprint density at radius 3 is 2.39 bits per heavy atom. The molecule has 5 nitrogen and oxygen atoms in total. The highest BCUT2D eigenvalue weighted by atomic mass is 32.2. The molecule has 0 bridgehead atoms. The maximum absolute atomic E-state index is 12.5. The van der Waals surface area contributed by atoms with Crippen LogP contribution in [0.2, 0.25) is 0 Å². The SMILES string of the molecule is N#Cc1ccccc1S(=O)(=O)NC1CCN(C2CCCC2)CC1. The van der Waals surface area contributed by atoms with Crippen molar-refractivity contribution in [2.24, 2.45) is 0 Å². The predicted molar refractivity (Wildman–Crippen MR) is 88.3 cm³/mol. The van der Waals surface area contributed by atoms with E-state index >= 15 is 0 Å². The Kier molecular flexibility index (Phi) is 5.00. The van der Waals surface area contributed by atoms with Crippen LogP contribution in [-0.4, -0.2) is 38.5 Å². The largest absolute Gasteiger partial charge is 0.300 e. The quantitative estimate of drug-likeness (QED) is 0.917. The van der Waals surface area contributed by atoms with Gasteiger partial charge in [0.1, 0.15) is 6.07 Å². The van der Waals surface area contributed by atoms with E-state index in [-0.39, 0.29) is 16.5 Å². The van der Waals surface area contributed by atoms with Crippen LogP contribution >= 0.6 is 0 Å². The van der Waals surface area contributed by atoms with Gasteiger partial charge in [-0.25, -0.2) is 13.1 Å². The molecule has 0 unspecified atom stereocenters. The van der Waals surface area contributed by atoms with Crippen molar-refractivity contribution >= 4 is 10.0 Å². The van der Waals surface area contributed by atoms with E-state index in [0.29, 0.717) is 6.04 Å². The molecule has 1 saturated heterocycles. The average molecular weight is 333 g/mol. The normalized spacial score (nSPS) is 21.3. The Hall–Kier alpha value is -1.42. The lowest BCUT2D eigenvalue weighted by Gasteiger charge is -2.36. The van der Waals surface area contributed by atoms with Gasteiger partial charge in [-0.05, 0) is 50.9 Å². The third-order valence-electron chi connectivity index (χ3n) is 4.99. The fourth-order valence-corrected chi connectivity index (χ4v) is 5.19. The molecule has 0 amide bonds. The number of likely N-dealkylation sites (tertiary alicyclic amines) is 1. The monoisotopic (exact) mass is 333 g/mol. The van der Waals surface area contributed by atoms with E-state index in [2.05, 4.69) is 9.62 Å². The number of sulfonamides is 1. The molecular weight excluding hydrogens is 310 g/mol. The van der Waals surface area contributed by atoms with E-state index in [1.807, 2.05) is 6.07 Å². The molecule has 1 aliphatic heterocycles. The van der Waals surface area contributed by atoms with Crippen LogP contribution < -0.4 is 4.72 Å². The molecular formula is C17H23N3O2S. The lowest BCUT2D eigenvalue weighted by atomic mass is 10.0. The fourth-order valence-electron chi connectivity index (χ4n) is 3.73. The molecule has 1 N–H and O–H groups in total. The molecule has 0 spiro atoms. The third-order valence-corrected chi connectivity index (χ3v) is 6.57. The fraction of sp³-hybridized carbons (Fsp3) is 0.588. The van der Waals surface area contributed by atoms with Crippen LogP contribution in [0, 0.1) is 11.3 Å². The highest BCUT2D eigenvalue weighted by molar-refractivity contribution is 7.89. The van der Waals surface area contributed by atoms with Crippen LogP contribution in [0.1, 0.15) is 44.1 Å². The van der Waals surface area contributed by atoms with Gasteiger partial charge in [-0.2, -0.15) is 5.26 Å². The molecule has 3 rings (SSSR count). The third kappa shape index (κ3) is 3.74. The van der Waals surface area contributed by atoms with E-state index in [1.165, 1.54) is 37.8 Å². The van der Waals surface area contributed by atoms with Gasteiger partial charge in [-0.15, -0.1) is 0 Å². The maximum atomic E-state index is 12.5. The minimum atomic E-state index is -3.63. The summed E-state index contributed by atoms with van der Waals surface area (Å²) in [6.45, 7) is 1.91. The summed E-state index contributed by atoms with van der Waals surface area (Å²) in [6.07, 6.45) is 6.89. The molecule has 0 radical (unpaired) electrons. The van der Waals surface area contributed by atoms with Crippen molar-refractivity contribution in [3.63, 3.8) is 0 Å². The summed E-state index contributed by atoms with van der Waals surface area (Å²) < 4.78 is 27.9. The van der Waals surface area contributed by atoms with Crippen LogP contribution in [0.4, 0.5) is 0 Å². The van der Waals surface area contributed by atoms with Gasteiger partial charge in [-0.1, -0.05) is 25.0 Å². The van der Waals surface area contributed by atoms with Gasteiger partial charge < -0.3 is 4.90 Å². The standard InChI is InChI=1S/C17H23N3O2S/c18-13-14-5-1-4-8-17(14)23(21,22)19-15-9-11-20(12-10-15)16-6-2-3-7-16/h1,4-5,8,15-16,19H,2-3,6-7,9-12H2. The molecule has 2 aliphatic rings. The van der Waals surface area contributed by atoms with Crippen LogP contribution in [0.5, 0.6) is 0 Å². The lowest BCUT2D eigenvalue weighted by molar-refractivity contribution is 0.151. The molecule has 6 heteroatoms. The maximum Gasteiger partial charge on any atom is 0.242 e. The molecule has 2 fully saturated rings. The first kappa shape index (κ1) is 16.4. The zero-order valence-corrected chi connectivity index (χ0v) is 14.1. The Morgan fingerprint density at radius 2 is 1.74 bits per heavy atom. The van der Waals surface area contributed by atoms with Crippen molar-refractivity contribution in [2.75, 3.05) is 13.1 Å². The summed E-state index contributed by atoms with van der Waals surface area (Å²) in [5, 5.41) is 9.09. The van der Waals surface area contributed by atoms with Gasteiger partial charge in [0, 0.05) is 12.1 Å². The molecule has 1 aromatic rings. The molecule has 23 heavy (non-hydrogen) atoms. The van der Waals surface area contributed by atoms with Crippen molar-refractivity contribution in [2.45, 2.75) is 55.5 Å². The number of nitrogens with one attached hydrogen (secondary N) is 1. The molecule has 1 heterocycles. The number of hydrogen-bond donors (Lipinski definition) is 1. The number of nitriles is 1. The number of rotatable bonds is 4. The number of piperidine rings is 1. The van der Waals surface area contributed by atoms with E-state index in [9.17, 15) is 8.42 Å². The van der Waals surface area contributed by atoms with E-state index in [1.54, 1.807) is 12.1 Å². The summed E-state index contributed by atoms with van der Waals surface area (Å²) in [5.74, 6) is 0. The topological polar surface area (TPSA) is 73.2 Å². The lowest BCUT2D eigenvalue weighted by Crippen LogP contribution is -2.47. The van der Waals surface area contributed by atoms with Crippen molar-refractivity contribution in [1.29, 1.82) is 5.26 Å². The second kappa shape index (κ2) is 7.00. The van der Waals surface area contributed by atoms with Gasteiger partial charge in [0.25, 0.3) is 0 Å². The molecule has 1 saturated carbocycles. The molecule has 1 aromatic carbocycles. The first-order valence-corrected chi connectivity index (χ1v) is 9.84. The van der Waals surface area contributed by atoms with Crippen LogP contribution in [0.3, 0.4) is 0 Å². The minimum Gasteiger partial charge on any atom is -0.300 e. The Morgan fingerprint density at radius 1 is 1.09 bits per heavy atom. The van der Waals surface area contributed by atoms with Gasteiger partial charge >= 0.3 is 0 Å². The summed E-state index contributed by atoms with van der Waals surface area (Å²) in [6, 6.07) is 8.98. The summed E-state index contributed by atoms with van der Waals surface area (Å²) >= 11 is 0. The molecule has 0 atom stereocenters. The molecule has 1 aliphatic carbocycles. The van der Waals surface area contributed by atoms with Crippen LogP contribution in [0.15, 0.2) is 29.2 Å². The van der Waals surface area contributed by atoms with Crippen molar-refractivity contribution in [1.82, 2.24) is 9.62 Å². The summed E-state index contributed by atoms with van der Waals surface area (Å²) in [4.78, 5) is 2.60. The zero-order valence-electron chi connectivity index (χ0n) is 13.2. The van der Waals surface area contributed by atoms with Crippen molar-refractivity contribution in [3.8, 4) is 6.07 Å². The highest BCUT2D eigenvalue weighted by Gasteiger charge is 2.29. The molecule has 124 valence electrons. The smallest absolute Gasteiger partial charge is 0.242 e. The first-order chi connectivity index (χ1) is 11.1. The van der Waals surface area contributed by atoms with Crippen LogP contribution in [0.25, 0.3) is 0 Å². The van der Waals surface area contributed by atoms with E-state index in [0.717, 1.165) is 25.9 Å². The Balaban J connectivity index is 1.62. The highest BCUT2D eigenvalue weighted by Crippen LogP contribution is 2.26. The van der Waals surface area contributed by atoms with Crippen molar-refractivity contribution < 1.29 is 8.42 Å². The predicted octanol–water partition coefficient (Wildman–Crippen LogP) is 2.24. The number of hydrogen-bond acceptors (Lipinski definition) is 4. The van der Waals surface area contributed by atoms with Gasteiger partial charge in [0.05, 0.1) is 10.5 Å². The van der Waals surface area contributed by atoms with Crippen molar-refractivity contribution in [3.05, 3.63) is 29.8 Å².